The Morgan fingerprint density at radius 3 is 2.68 bits per heavy atom. The molecular formula is C24H26N+. The minimum Gasteiger partial charge on any atom is -0.201 e. The van der Waals surface area contributed by atoms with Crippen molar-refractivity contribution >= 4 is 0 Å². The van der Waals surface area contributed by atoms with Crippen LogP contribution in [0.2, 0.25) is 0 Å². The van der Waals surface area contributed by atoms with Gasteiger partial charge in [0.25, 0.3) is 0 Å². The molecule has 25 heavy (non-hydrogen) atoms. The SMILES string of the molecule is [2H]C1([2H])CCC([2H])(c2cccc(-c3cc[n+](C)c(-c4ccccc4C)c3)c2)C1([2H])[2H]. The van der Waals surface area contributed by atoms with Gasteiger partial charge in [-0.2, -0.15) is 0 Å². The summed E-state index contributed by atoms with van der Waals surface area (Å²) in [4.78, 5) is 0. The molecule has 0 aliphatic heterocycles. The van der Waals surface area contributed by atoms with Gasteiger partial charge in [-0.05, 0) is 53.9 Å². The number of nitrogens with zero attached hydrogens (tertiary/aromatic N) is 1. The molecule has 4 rings (SSSR count). The predicted octanol–water partition coefficient (Wildman–Crippen LogP) is 5.81. The molecule has 1 unspecified atom stereocenters. The summed E-state index contributed by atoms with van der Waals surface area (Å²) in [5.74, 6) is -1.61. The highest BCUT2D eigenvalue weighted by Gasteiger charge is 2.18. The van der Waals surface area contributed by atoms with Gasteiger partial charge in [-0.3, -0.25) is 0 Å². The molecular weight excluding hydrogens is 302 g/mol. The Morgan fingerprint density at radius 1 is 1.04 bits per heavy atom. The molecule has 1 aromatic heterocycles. The van der Waals surface area contributed by atoms with Crippen LogP contribution in [0, 0.1) is 6.92 Å². The van der Waals surface area contributed by atoms with Crippen LogP contribution in [0.5, 0.6) is 0 Å². The average molecular weight is 334 g/mol. The van der Waals surface area contributed by atoms with Gasteiger partial charge < -0.3 is 0 Å². The van der Waals surface area contributed by atoms with E-state index < -0.39 is 18.6 Å². The predicted molar refractivity (Wildman–Crippen MR) is 104 cm³/mol. The maximum absolute atomic E-state index is 8.86. The first-order chi connectivity index (χ1) is 14.1. The fraction of sp³-hybridized carbons (Fsp3) is 0.292. The van der Waals surface area contributed by atoms with Crippen LogP contribution >= 0.6 is 0 Å². The number of pyridine rings is 1. The first-order valence-corrected chi connectivity index (χ1v) is 8.73. The summed E-state index contributed by atoms with van der Waals surface area (Å²) < 4.78 is 43.7. The van der Waals surface area contributed by atoms with Crippen molar-refractivity contribution in [2.75, 3.05) is 0 Å². The highest BCUT2D eigenvalue weighted by Crippen LogP contribution is 2.36. The van der Waals surface area contributed by atoms with Crippen LogP contribution < -0.4 is 4.57 Å². The number of benzene rings is 2. The average Bonchev–Trinajstić information content (AvgIpc) is 2.89. The summed E-state index contributed by atoms with van der Waals surface area (Å²) in [7, 11) is 2.01. The third kappa shape index (κ3) is 3.24. The third-order valence-electron chi connectivity index (χ3n) is 4.85. The number of hydrogen-bond donors (Lipinski definition) is 0. The van der Waals surface area contributed by atoms with E-state index >= 15 is 0 Å². The second-order valence-corrected chi connectivity index (χ2v) is 6.59. The summed E-state index contributed by atoms with van der Waals surface area (Å²) in [6, 6.07) is 19.8. The molecule has 1 fully saturated rings. The largest absolute Gasteiger partial charge is 0.213 e. The number of aromatic nitrogens is 1. The van der Waals surface area contributed by atoms with Crippen LogP contribution in [0.15, 0.2) is 66.9 Å². The van der Waals surface area contributed by atoms with E-state index in [2.05, 4.69) is 29.7 Å². The lowest BCUT2D eigenvalue weighted by molar-refractivity contribution is -0.660. The fourth-order valence-corrected chi connectivity index (χ4v) is 3.40. The zero-order valence-corrected chi connectivity index (χ0v) is 14.7. The molecule has 0 N–H and O–H groups in total. The van der Waals surface area contributed by atoms with Crippen molar-refractivity contribution in [2.45, 2.75) is 38.4 Å². The Kier molecular flexibility index (Phi) is 3.08. The maximum Gasteiger partial charge on any atom is 0.213 e. The molecule has 1 heteroatoms. The summed E-state index contributed by atoms with van der Waals surface area (Å²) in [6.45, 7) is 2.09. The molecule has 0 radical (unpaired) electrons. The van der Waals surface area contributed by atoms with E-state index in [1.54, 1.807) is 6.07 Å². The highest BCUT2D eigenvalue weighted by atomic mass is 14.9. The number of rotatable bonds is 3. The topological polar surface area (TPSA) is 3.88 Å². The molecule has 0 amide bonds. The molecule has 0 saturated heterocycles. The lowest BCUT2D eigenvalue weighted by Crippen LogP contribution is -2.30. The van der Waals surface area contributed by atoms with Crippen LogP contribution in [0.4, 0.5) is 0 Å². The molecule has 0 bridgehead atoms. The van der Waals surface area contributed by atoms with Crippen LogP contribution in [0.1, 0.15) is 49.5 Å². The fourth-order valence-electron chi connectivity index (χ4n) is 3.40. The van der Waals surface area contributed by atoms with Crippen molar-refractivity contribution in [2.24, 2.45) is 7.05 Å². The van der Waals surface area contributed by atoms with Crippen molar-refractivity contribution in [3.05, 3.63) is 78.0 Å². The smallest absolute Gasteiger partial charge is 0.201 e. The Labute approximate surface area is 158 Å². The first-order valence-electron chi connectivity index (χ1n) is 11.2. The van der Waals surface area contributed by atoms with Gasteiger partial charge in [-0.15, -0.1) is 0 Å². The molecule has 1 saturated carbocycles. The van der Waals surface area contributed by atoms with E-state index in [9.17, 15) is 0 Å². The molecule has 1 heterocycles. The summed E-state index contributed by atoms with van der Waals surface area (Å²) in [5, 5.41) is 0. The molecule has 0 spiro atoms. The Bertz CT molecular complexity index is 1110. The van der Waals surface area contributed by atoms with Gasteiger partial charge in [-0.25, -0.2) is 4.57 Å². The lowest BCUT2D eigenvalue weighted by atomic mass is 9.93. The van der Waals surface area contributed by atoms with Gasteiger partial charge in [0.1, 0.15) is 7.05 Å². The Balaban J connectivity index is 1.79. The van der Waals surface area contributed by atoms with Gasteiger partial charge in [0.05, 0.1) is 0 Å². The van der Waals surface area contributed by atoms with Gasteiger partial charge in [0, 0.05) is 24.5 Å². The minimum atomic E-state index is -2.26. The molecule has 1 atom stereocenters. The standard InChI is InChI=1S/C24H26N/c1-18-8-3-6-13-23(18)24-17-22(14-15-25(24)2)21-12-7-11-20(16-21)19-9-4-5-10-19/h3,6-8,11-17,19H,4-5,9-10H2,1-2H3/q+1/i4D2,9D2,19D. The van der Waals surface area contributed by atoms with Crippen molar-refractivity contribution in [1.82, 2.24) is 0 Å². The Hall–Kier alpha value is -2.41. The number of hydrogen-bond acceptors (Lipinski definition) is 0. The number of aryl methyl sites for hydroxylation is 2. The molecule has 2 aromatic carbocycles. The normalized spacial score (nSPS) is 26.9. The minimum absolute atomic E-state index is 0.0479. The van der Waals surface area contributed by atoms with Crippen LogP contribution in [-0.4, -0.2) is 0 Å². The monoisotopic (exact) mass is 333 g/mol. The van der Waals surface area contributed by atoms with Gasteiger partial charge in [0.2, 0.25) is 5.69 Å². The van der Waals surface area contributed by atoms with E-state index in [1.165, 1.54) is 5.56 Å². The summed E-state index contributed by atoms with van der Waals surface area (Å²) in [6.07, 6.45) is -2.05. The van der Waals surface area contributed by atoms with Crippen molar-refractivity contribution < 1.29 is 11.4 Å². The van der Waals surface area contributed by atoms with Crippen molar-refractivity contribution in [1.29, 1.82) is 0 Å². The first kappa shape index (κ1) is 11.3. The van der Waals surface area contributed by atoms with E-state index in [-0.39, 0.29) is 12.8 Å². The third-order valence-corrected chi connectivity index (χ3v) is 4.85. The summed E-state index contributed by atoms with van der Waals surface area (Å²) in [5.41, 5.74) is 5.82. The van der Waals surface area contributed by atoms with Gasteiger partial charge in [-0.1, -0.05) is 55.3 Å². The van der Waals surface area contributed by atoms with Crippen molar-refractivity contribution in [3.63, 3.8) is 0 Å². The van der Waals surface area contributed by atoms with Crippen LogP contribution in [0.25, 0.3) is 22.4 Å². The zero-order chi connectivity index (χ0) is 21.7. The van der Waals surface area contributed by atoms with Gasteiger partial charge >= 0.3 is 0 Å². The second kappa shape index (κ2) is 6.84. The van der Waals surface area contributed by atoms with E-state index in [0.29, 0.717) is 5.56 Å². The van der Waals surface area contributed by atoms with E-state index in [0.717, 1.165) is 22.4 Å². The lowest BCUT2D eigenvalue weighted by Gasteiger charge is -2.12. The summed E-state index contributed by atoms with van der Waals surface area (Å²) >= 11 is 0. The quantitative estimate of drug-likeness (QED) is 0.532. The second-order valence-electron chi connectivity index (χ2n) is 6.59. The molecule has 1 aliphatic rings. The van der Waals surface area contributed by atoms with Crippen LogP contribution in [-0.2, 0) is 7.05 Å². The van der Waals surface area contributed by atoms with Crippen molar-refractivity contribution in [3.8, 4) is 22.4 Å². The zero-order valence-electron chi connectivity index (χ0n) is 19.7. The molecule has 3 aromatic rings. The van der Waals surface area contributed by atoms with Gasteiger partial charge in [0.15, 0.2) is 6.20 Å². The Morgan fingerprint density at radius 2 is 1.88 bits per heavy atom. The molecule has 126 valence electrons. The maximum atomic E-state index is 8.86. The van der Waals surface area contributed by atoms with Crippen LogP contribution in [0.3, 0.4) is 0 Å². The van der Waals surface area contributed by atoms with E-state index in [1.807, 2.05) is 49.6 Å². The van der Waals surface area contributed by atoms with E-state index in [4.69, 9.17) is 6.85 Å². The molecule has 1 nitrogen and oxygen atoms in total. The highest BCUT2D eigenvalue weighted by molar-refractivity contribution is 5.70. The molecule has 1 aliphatic carbocycles.